The van der Waals surface area contributed by atoms with Crippen LogP contribution in [0.25, 0.3) is 6.08 Å². The molecule has 0 unspecified atom stereocenters. The molecule has 136 valence electrons. The first-order valence-electron chi connectivity index (χ1n) is 7.10. The molecule has 0 bridgehead atoms. The number of fused-ring (bicyclic) bond motifs is 1. The van der Waals surface area contributed by atoms with E-state index in [1.54, 1.807) is 0 Å². The topological polar surface area (TPSA) is 159 Å². The Morgan fingerprint density at radius 3 is 2.69 bits per heavy atom. The molecule has 1 amide bonds. The third kappa shape index (κ3) is 2.84. The van der Waals surface area contributed by atoms with Crippen LogP contribution < -0.4 is 0 Å². The van der Waals surface area contributed by atoms with E-state index in [0.717, 1.165) is 17.0 Å². The van der Waals surface area contributed by atoms with Gasteiger partial charge in [-0.15, -0.1) is 0 Å². The van der Waals surface area contributed by atoms with E-state index in [1.807, 2.05) is 0 Å². The fourth-order valence-electron chi connectivity index (χ4n) is 2.05. The second-order valence-electron chi connectivity index (χ2n) is 5.43. The lowest BCUT2D eigenvalue weighted by Crippen LogP contribution is -2.46. The predicted molar refractivity (Wildman–Crippen MR) is 94.4 cm³/mol. The molecule has 0 saturated carbocycles. The Morgan fingerprint density at radius 2 is 2.12 bits per heavy atom. The van der Waals surface area contributed by atoms with Gasteiger partial charge in [0.05, 0.1) is 28.8 Å². The Morgan fingerprint density at radius 1 is 1.42 bits per heavy atom. The minimum absolute atomic E-state index is 0.0400. The lowest BCUT2D eigenvalue weighted by Gasteiger charge is -2.25. The Labute approximate surface area is 151 Å². The Balaban J connectivity index is 2.02. The molecule has 13 heteroatoms. The average molecular weight is 397 g/mol. The van der Waals surface area contributed by atoms with Gasteiger partial charge in [0, 0.05) is 0 Å². The van der Waals surface area contributed by atoms with E-state index < -0.39 is 37.6 Å². The van der Waals surface area contributed by atoms with Crippen molar-refractivity contribution in [3.63, 3.8) is 0 Å². The van der Waals surface area contributed by atoms with Crippen molar-refractivity contribution in [2.24, 2.45) is 9.39 Å². The zero-order valence-corrected chi connectivity index (χ0v) is 15.0. The summed E-state index contributed by atoms with van der Waals surface area (Å²) in [5.74, 6) is -1.82. The highest BCUT2D eigenvalue weighted by atomic mass is 32.2. The fraction of sp³-hybridized carbons (Fsp3) is 0.231. The normalized spacial score (nSPS) is 19.0. The Kier molecular flexibility index (Phi) is 4.28. The van der Waals surface area contributed by atoms with Crippen molar-refractivity contribution < 1.29 is 22.6 Å². The molecule has 0 spiro atoms. The number of nitro groups is 1. The monoisotopic (exact) mass is 397 g/mol. The molecule has 26 heavy (non-hydrogen) atoms. The number of rotatable bonds is 3. The molecule has 0 aliphatic carbocycles. The molecule has 0 saturated heterocycles. The van der Waals surface area contributed by atoms with Crippen LogP contribution in [-0.4, -0.2) is 45.6 Å². The fourth-order valence-corrected chi connectivity index (χ4v) is 4.12. The lowest BCUT2D eigenvalue weighted by molar-refractivity contribution is -0.402. The smallest absolute Gasteiger partial charge is 0.401 e. The van der Waals surface area contributed by atoms with Crippen molar-refractivity contribution in [1.29, 1.82) is 5.41 Å². The van der Waals surface area contributed by atoms with Crippen molar-refractivity contribution in [2.75, 3.05) is 0 Å². The van der Waals surface area contributed by atoms with Crippen LogP contribution in [0.2, 0.25) is 0 Å². The maximum atomic E-state index is 12.4. The zero-order chi connectivity index (χ0) is 19.2. The number of amidine groups is 3. The summed E-state index contributed by atoms with van der Waals surface area (Å²) in [4.78, 5) is 26.8. The first-order valence-corrected chi connectivity index (χ1v) is 9.42. The largest absolute Gasteiger partial charge is 0.433 e. The van der Waals surface area contributed by atoms with Crippen LogP contribution in [0.15, 0.2) is 31.5 Å². The zero-order valence-electron chi connectivity index (χ0n) is 13.4. The molecular weight excluding hydrogens is 386 g/mol. The number of aliphatic imine (C=N–C) groups is 1. The number of amides is 1. The minimum Gasteiger partial charge on any atom is -0.401 e. The molecule has 2 aliphatic heterocycles. The van der Waals surface area contributed by atoms with E-state index in [-0.39, 0.29) is 21.7 Å². The summed E-state index contributed by atoms with van der Waals surface area (Å²) in [6.07, 6.45) is 1.10. The number of carbonyl (C=O) groups is 1. The van der Waals surface area contributed by atoms with E-state index >= 15 is 0 Å². The Bertz CT molecular complexity index is 1030. The van der Waals surface area contributed by atoms with Gasteiger partial charge >= 0.3 is 5.88 Å². The number of hydrogen-bond acceptors (Lipinski definition) is 9. The van der Waals surface area contributed by atoms with E-state index in [4.69, 9.17) is 9.83 Å². The number of nitrogens with zero attached hydrogens (tertiary/aromatic N) is 4. The van der Waals surface area contributed by atoms with Gasteiger partial charge in [-0.2, -0.15) is 9.39 Å². The van der Waals surface area contributed by atoms with Gasteiger partial charge in [-0.3, -0.25) is 20.3 Å². The van der Waals surface area contributed by atoms with Crippen molar-refractivity contribution in [1.82, 2.24) is 4.90 Å². The maximum absolute atomic E-state index is 12.4. The molecule has 3 rings (SSSR count). The summed E-state index contributed by atoms with van der Waals surface area (Å²) in [5, 5.41) is 17.7. The second kappa shape index (κ2) is 6.17. The molecule has 1 N–H and O–H groups in total. The minimum atomic E-state index is -3.82. The molecule has 0 aromatic carbocycles. The van der Waals surface area contributed by atoms with Gasteiger partial charge in [-0.25, -0.2) is 13.3 Å². The van der Waals surface area contributed by atoms with Gasteiger partial charge in [0.1, 0.15) is 16.5 Å². The summed E-state index contributed by atoms with van der Waals surface area (Å²) < 4.78 is 33.6. The van der Waals surface area contributed by atoms with Crippen molar-refractivity contribution in [3.8, 4) is 0 Å². The molecule has 0 radical (unpaired) electrons. The van der Waals surface area contributed by atoms with E-state index in [2.05, 4.69) is 9.39 Å². The van der Waals surface area contributed by atoms with Crippen LogP contribution in [-0.2, 0) is 14.6 Å². The van der Waals surface area contributed by atoms with Crippen LogP contribution in [0.5, 0.6) is 0 Å². The molecular formula is C13H11N5O6S2. The number of furan rings is 1. The number of nitrogens with one attached hydrogen (secondary N) is 1. The van der Waals surface area contributed by atoms with Gasteiger partial charge in [-0.05, 0) is 26.0 Å². The molecule has 2 aliphatic rings. The summed E-state index contributed by atoms with van der Waals surface area (Å²) >= 11 is 0.686. The SMILES string of the molecule is CC(C)S(=O)(=O)C1=NSC2=NC(=O)/C(=C\c3ccc([N+](=O)[O-])o3)C(=N)N21. The molecule has 1 aromatic rings. The van der Waals surface area contributed by atoms with Crippen LogP contribution in [0.1, 0.15) is 19.6 Å². The second-order valence-corrected chi connectivity index (χ2v) is 8.56. The average Bonchev–Trinajstić information content (AvgIpc) is 3.18. The third-order valence-electron chi connectivity index (χ3n) is 3.45. The maximum Gasteiger partial charge on any atom is 0.433 e. The molecule has 3 heterocycles. The third-order valence-corrected chi connectivity index (χ3v) is 6.29. The van der Waals surface area contributed by atoms with Crippen LogP contribution in [0.3, 0.4) is 0 Å². The number of carbonyl (C=O) groups excluding carboxylic acids is 1. The number of sulfone groups is 1. The van der Waals surface area contributed by atoms with Crippen molar-refractivity contribution >= 4 is 55.8 Å². The summed E-state index contributed by atoms with van der Waals surface area (Å²) in [5.41, 5.74) is -0.271. The number of hydrogen-bond donors (Lipinski definition) is 1. The molecule has 11 nitrogen and oxygen atoms in total. The van der Waals surface area contributed by atoms with Crippen molar-refractivity contribution in [2.45, 2.75) is 19.1 Å². The highest BCUT2D eigenvalue weighted by molar-refractivity contribution is 8.16. The highest BCUT2D eigenvalue weighted by Crippen LogP contribution is 2.31. The summed E-state index contributed by atoms with van der Waals surface area (Å²) in [7, 11) is -3.82. The van der Waals surface area contributed by atoms with Gasteiger partial charge in [0.15, 0.2) is 0 Å². The lowest BCUT2D eigenvalue weighted by atomic mass is 10.1. The highest BCUT2D eigenvalue weighted by Gasteiger charge is 2.43. The van der Waals surface area contributed by atoms with Gasteiger partial charge in [0.2, 0.25) is 20.2 Å². The van der Waals surface area contributed by atoms with Gasteiger partial charge < -0.3 is 4.42 Å². The van der Waals surface area contributed by atoms with Gasteiger partial charge in [-0.1, -0.05) is 0 Å². The Hall–Kier alpha value is -2.80. The molecule has 1 aromatic heterocycles. The van der Waals surface area contributed by atoms with Crippen LogP contribution in [0, 0.1) is 15.5 Å². The molecule has 0 fully saturated rings. The van der Waals surface area contributed by atoms with E-state index in [0.29, 0.717) is 11.9 Å². The standard InChI is InChI=1S/C13H11N5O6S2/c1-6(2)26(22,23)13-16-25-12-15-11(19)8(10(14)17(12)13)5-7-3-4-9(24-7)18(20)21/h3-6,14H,1-2H3/b8-5-,14-10?. The van der Waals surface area contributed by atoms with E-state index in [9.17, 15) is 23.3 Å². The van der Waals surface area contributed by atoms with E-state index in [1.165, 1.54) is 19.9 Å². The van der Waals surface area contributed by atoms with Crippen molar-refractivity contribution in [3.05, 3.63) is 33.6 Å². The summed E-state index contributed by atoms with van der Waals surface area (Å²) in [6.45, 7) is 2.93. The predicted octanol–water partition coefficient (Wildman–Crippen LogP) is 1.59. The van der Waals surface area contributed by atoms with Crippen LogP contribution >= 0.6 is 11.9 Å². The quantitative estimate of drug-likeness (QED) is 0.348. The molecule has 0 atom stereocenters. The summed E-state index contributed by atoms with van der Waals surface area (Å²) in [6, 6.07) is 2.35. The first-order chi connectivity index (χ1) is 12.1. The van der Waals surface area contributed by atoms with Crippen LogP contribution in [0.4, 0.5) is 5.88 Å². The van der Waals surface area contributed by atoms with Gasteiger partial charge in [0.25, 0.3) is 5.91 Å². The first kappa shape index (κ1) is 18.0.